The van der Waals surface area contributed by atoms with Crippen molar-refractivity contribution in [2.75, 3.05) is 46.0 Å². The van der Waals surface area contributed by atoms with Crippen molar-refractivity contribution in [1.29, 1.82) is 0 Å². The predicted octanol–water partition coefficient (Wildman–Crippen LogP) is 3.25. The summed E-state index contributed by atoms with van der Waals surface area (Å²) in [6.45, 7) is 5.62. The lowest BCUT2D eigenvalue weighted by Crippen LogP contribution is -2.43. The molecule has 5 nitrogen and oxygen atoms in total. The van der Waals surface area contributed by atoms with Crippen LogP contribution in [-0.2, 0) is 9.53 Å². The van der Waals surface area contributed by atoms with E-state index in [1.54, 1.807) is 12.1 Å². The van der Waals surface area contributed by atoms with E-state index >= 15 is 0 Å². The normalized spacial score (nSPS) is 30.5. The molecule has 0 aliphatic carbocycles. The lowest BCUT2D eigenvalue weighted by Gasteiger charge is -2.37. The molecule has 0 spiro atoms. The van der Waals surface area contributed by atoms with E-state index in [0.717, 1.165) is 76.4 Å². The molecule has 0 saturated carbocycles. The Labute approximate surface area is 172 Å². The number of piperidine rings is 1. The summed E-state index contributed by atoms with van der Waals surface area (Å²) in [5, 5.41) is 0. The van der Waals surface area contributed by atoms with Crippen LogP contribution >= 0.6 is 0 Å². The van der Waals surface area contributed by atoms with Crippen LogP contribution in [0, 0.1) is 23.6 Å². The zero-order valence-electron chi connectivity index (χ0n) is 17.0. The largest absolute Gasteiger partial charge is 0.493 e. The Kier molecular flexibility index (Phi) is 5.48. The van der Waals surface area contributed by atoms with Crippen molar-refractivity contribution in [2.45, 2.75) is 38.1 Å². The second kappa shape index (κ2) is 8.23. The van der Waals surface area contributed by atoms with Gasteiger partial charge in [-0.15, -0.1) is 0 Å². The maximum atomic E-state index is 14.1. The fourth-order valence-electron chi connectivity index (χ4n) is 5.75. The highest BCUT2D eigenvalue weighted by atomic mass is 19.1. The molecule has 29 heavy (non-hydrogen) atoms. The second-order valence-corrected chi connectivity index (χ2v) is 9.10. The molecule has 158 valence electrons. The molecule has 0 aromatic heterocycles. The van der Waals surface area contributed by atoms with Gasteiger partial charge in [-0.25, -0.2) is 4.39 Å². The Bertz CT molecular complexity index is 746. The molecule has 4 aliphatic heterocycles. The first-order chi connectivity index (χ1) is 14.2. The number of halogens is 1. The van der Waals surface area contributed by atoms with Crippen LogP contribution in [0.5, 0.6) is 5.75 Å². The molecule has 0 unspecified atom stereocenters. The molecule has 0 bridgehead atoms. The number of likely N-dealkylation sites (tertiary alicyclic amines) is 2. The highest BCUT2D eigenvalue weighted by Gasteiger charge is 2.50. The lowest BCUT2D eigenvalue weighted by molar-refractivity contribution is -0.137. The molecule has 0 N–H and O–H groups in total. The fourth-order valence-corrected chi connectivity index (χ4v) is 5.75. The van der Waals surface area contributed by atoms with Crippen molar-refractivity contribution in [2.24, 2.45) is 17.8 Å². The Morgan fingerprint density at radius 1 is 1.14 bits per heavy atom. The van der Waals surface area contributed by atoms with E-state index in [2.05, 4.69) is 9.80 Å². The van der Waals surface area contributed by atoms with Gasteiger partial charge in [0.15, 0.2) is 0 Å². The van der Waals surface area contributed by atoms with Crippen LogP contribution in [0.3, 0.4) is 0 Å². The topological polar surface area (TPSA) is 42.0 Å². The minimum Gasteiger partial charge on any atom is -0.493 e. The van der Waals surface area contributed by atoms with Crippen LogP contribution in [0.25, 0.3) is 0 Å². The molecule has 4 heterocycles. The first-order valence-corrected chi connectivity index (χ1v) is 11.2. The summed E-state index contributed by atoms with van der Waals surface area (Å²) in [5.74, 6) is 1.43. The van der Waals surface area contributed by atoms with Crippen molar-refractivity contribution >= 4 is 5.91 Å². The molecule has 6 heteroatoms. The van der Waals surface area contributed by atoms with E-state index in [1.807, 2.05) is 0 Å². The Morgan fingerprint density at radius 2 is 1.93 bits per heavy atom. The van der Waals surface area contributed by atoms with Gasteiger partial charge >= 0.3 is 0 Å². The van der Waals surface area contributed by atoms with E-state index in [1.165, 1.54) is 12.5 Å². The summed E-state index contributed by atoms with van der Waals surface area (Å²) in [4.78, 5) is 17.9. The third kappa shape index (κ3) is 3.77. The van der Waals surface area contributed by atoms with Gasteiger partial charge in [-0.05, 0) is 56.2 Å². The van der Waals surface area contributed by atoms with Crippen LogP contribution < -0.4 is 4.74 Å². The number of hydrogen-bond donors (Lipinski definition) is 0. The van der Waals surface area contributed by atoms with Gasteiger partial charge in [0.2, 0.25) is 5.91 Å². The fraction of sp³-hybridized carbons (Fsp3) is 0.696. The van der Waals surface area contributed by atoms with Crippen molar-refractivity contribution in [1.82, 2.24) is 9.80 Å². The molecule has 1 amide bonds. The number of fused-ring (bicyclic) bond motifs is 3. The van der Waals surface area contributed by atoms with Gasteiger partial charge in [-0.1, -0.05) is 0 Å². The van der Waals surface area contributed by atoms with Crippen molar-refractivity contribution in [3.05, 3.63) is 29.6 Å². The average Bonchev–Trinajstić information content (AvgIpc) is 3.13. The Morgan fingerprint density at radius 3 is 2.72 bits per heavy atom. The number of benzene rings is 1. The van der Waals surface area contributed by atoms with Gasteiger partial charge < -0.3 is 14.4 Å². The van der Waals surface area contributed by atoms with Gasteiger partial charge in [0.1, 0.15) is 11.6 Å². The quantitative estimate of drug-likeness (QED) is 0.778. The Hall–Kier alpha value is -1.66. The smallest absolute Gasteiger partial charge is 0.227 e. The standard InChI is InChI=1S/C23H31FN2O3/c24-17-4-5-21-18(12-17)22-20(15-29-21)19(23(27)25-8-2-1-3-9-25)14-26(22)13-16-6-10-28-11-7-16/h4-5,12,16,19-20,22H,1-3,6-11,13-15H2/t19-,20+,22+/m1/s1. The third-order valence-electron chi connectivity index (χ3n) is 7.29. The van der Waals surface area contributed by atoms with Crippen LogP contribution in [0.1, 0.15) is 43.7 Å². The highest BCUT2D eigenvalue weighted by Crippen LogP contribution is 2.48. The first-order valence-electron chi connectivity index (χ1n) is 11.2. The molecular weight excluding hydrogens is 371 g/mol. The molecule has 0 radical (unpaired) electrons. The summed E-state index contributed by atoms with van der Waals surface area (Å²) in [6.07, 6.45) is 5.54. The molecular formula is C23H31FN2O3. The predicted molar refractivity (Wildman–Crippen MR) is 107 cm³/mol. The maximum absolute atomic E-state index is 14.1. The van der Waals surface area contributed by atoms with Crippen molar-refractivity contribution in [3.63, 3.8) is 0 Å². The van der Waals surface area contributed by atoms with E-state index in [9.17, 15) is 9.18 Å². The zero-order chi connectivity index (χ0) is 19.8. The van der Waals surface area contributed by atoms with Crippen molar-refractivity contribution < 1.29 is 18.7 Å². The summed E-state index contributed by atoms with van der Waals surface area (Å²) in [7, 11) is 0. The van der Waals surface area contributed by atoms with Gasteiger partial charge in [0.05, 0.1) is 12.5 Å². The highest BCUT2D eigenvalue weighted by molar-refractivity contribution is 5.80. The second-order valence-electron chi connectivity index (χ2n) is 9.10. The molecule has 5 rings (SSSR count). The maximum Gasteiger partial charge on any atom is 0.227 e. The van der Waals surface area contributed by atoms with Gasteiger partial charge in [-0.3, -0.25) is 9.69 Å². The van der Waals surface area contributed by atoms with E-state index in [4.69, 9.17) is 9.47 Å². The minimum absolute atomic E-state index is 0.0608. The van der Waals surface area contributed by atoms with Crippen LogP contribution in [-0.4, -0.2) is 61.7 Å². The summed E-state index contributed by atoms with van der Waals surface area (Å²) < 4.78 is 25.7. The van der Waals surface area contributed by atoms with Gasteiger partial charge in [0.25, 0.3) is 0 Å². The number of nitrogens with zero attached hydrogens (tertiary/aromatic N) is 2. The number of hydrogen-bond acceptors (Lipinski definition) is 4. The van der Waals surface area contributed by atoms with E-state index in [0.29, 0.717) is 12.5 Å². The van der Waals surface area contributed by atoms with Crippen LogP contribution in [0.2, 0.25) is 0 Å². The molecule has 4 aliphatic rings. The number of amides is 1. The number of carbonyl (C=O) groups is 1. The summed E-state index contributed by atoms with van der Waals surface area (Å²) in [5.41, 5.74) is 0.919. The molecule has 3 saturated heterocycles. The minimum atomic E-state index is -0.232. The monoisotopic (exact) mass is 402 g/mol. The number of rotatable bonds is 3. The summed E-state index contributed by atoms with van der Waals surface area (Å²) in [6, 6.07) is 4.90. The number of ether oxygens (including phenoxy) is 2. The average molecular weight is 403 g/mol. The molecule has 1 aromatic carbocycles. The molecule has 1 aromatic rings. The van der Waals surface area contributed by atoms with Crippen LogP contribution in [0.15, 0.2) is 18.2 Å². The zero-order valence-corrected chi connectivity index (χ0v) is 17.0. The molecule has 3 atom stereocenters. The first kappa shape index (κ1) is 19.3. The van der Waals surface area contributed by atoms with Crippen LogP contribution in [0.4, 0.5) is 4.39 Å². The van der Waals surface area contributed by atoms with E-state index < -0.39 is 0 Å². The number of carbonyl (C=O) groups excluding carboxylic acids is 1. The SMILES string of the molecule is O=C([C@@H]1CN(CC2CCOCC2)[C@H]2c3cc(F)ccc3OC[C@@H]12)N1CCCCC1. The Balaban J connectivity index is 1.42. The van der Waals surface area contributed by atoms with Gasteiger partial charge in [0, 0.05) is 56.9 Å². The molecule has 3 fully saturated rings. The summed E-state index contributed by atoms with van der Waals surface area (Å²) >= 11 is 0. The third-order valence-corrected chi connectivity index (χ3v) is 7.29. The van der Waals surface area contributed by atoms with Crippen molar-refractivity contribution in [3.8, 4) is 5.75 Å². The van der Waals surface area contributed by atoms with E-state index in [-0.39, 0.29) is 29.6 Å². The lowest BCUT2D eigenvalue weighted by atomic mass is 9.84. The van der Waals surface area contributed by atoms with Gasteiger partial charge in [-0.2, -0.15) is 0 Å².